The maximum atomic E-state index is 5.98. The van der Waals surface area contributed by atoms with Gasteiger partial charge in [0.25, 0.3) is 0 Å². The third-order valence-corrected chi connectivity index (χ3v) is 5.05. The Hall–Kier alpha value is -0.120. The second-order valence-electron chi connectivity index (χ2n) is 6.33. The topological polar surface area (TPSA) is 24.5 Å². The highest BCUT2D eigenvalue weighted by atomic mass is 16.5. The first-order chi connectivity index (χ1) is 8.92. The summed E-state index contributed by atoms with van der Waals surface area (Å²) in [5.74, 6) is 0.911. The van der Waals surface area contributed by atoms with Gasteiger partial charge in [-0.25, -0.2) is 0 Å². The van der Waals surface area contributed by atoms with Crippen LogP contribution in [-0.4, -0.2) is 49.8 Å². The van der Waals surface area contributed by atoms with E-state index >= 15 is 0 Å². The molecule has 104 valence electrons. The fraction of sp³-hybridized carbons (Fsp3) is 1.00. The molecule has 0 spiro atoms. The van der Waals surface area contributed by atoms with Crippen molar-refractivity contribution in [2.24, 2.45) is 5.92 Å². The molecule has 1 aliphatic carbocycles. The highest BCUT2D eigenvalue weighted by molar-refractivity contribution is 4.90. The monoisotopic (exact) mass is 252 g/mol. The zero-order valence-electron chi connectivity index (χ0n) is 11.6. The van der Waals surface area contributed by atoms with E-state index in [1.54, 1.807) is 0 Å². The lowest BCUT2D eigenvalue weighted by Crippen LogP contribution is -2.45. The summed E-state index contributed by atoms with van der Waals surface area (Å²) in [7, 11) is 0. The zero-order valence-corrected chi connectivity index (χ0v) is 11.6. The summed E-state index contributed by atoms with van der Waals surface area (Å²) in [6.45, 7) is 5.94. The van der Waals surface area contributed by atoms with E-state index in [2.05, 4.69) is 10.2 Å². The van der Waals surface area contributed by atoms with Gasteiger partial charge in [-0.1, -0.05) is 19.3 Å². The van der Waals surface area contributed by atoms with Crippen LogP contribution in [0, 0.1) is 5.92 Å². The second kappa shape index (κ2) is 6.36. The Labute approximate surface area is 111 Å². The molecule has 0 aromatic carbocycles. The van der Waals surface area contributed by atoms with E-state index in [4.69, 9.17) is 4.74 Å². The number of nitrogens with zero attached hydrogens (tertiary/aromatic N) is 1. The third-order valence-electron chi connectivity index (χ3n) is 5.05. The molecule has 18 heavy (non-hydrogen) atoms. The first kappa shape index (κ1) is 12.9. The maximum Gasteiger partial charge on any atom is 0.0594 e. The SMILES string of the molecule is C1CCC(OCCNC2CCN3CCC2C3)CC1. The Balaban J connectivity index is 1.30. The molecular weight excluding hydrogens is 224 g/mol. The molecular formula is C15H28N2O. The van der Waals surface area contributed by atoms with E-state index in [-0.39, 0.29) is 0 Å². The van der Waals surface area contributed by atoms with E-state index in [1.165, 1.54) is 64.6 Å². The Bertz CT molecular complexity index is 253. The van der Waals surface area contributed by atoms with Crippen LogP contribution >= 0.6 is 0 Å². The minimum atomic E-state index is 0.564. The second-order valence-corrected chi connectivity index (χ2v) is 6.33. The lowest BCUT2D eigenvalue weighted by molar-refractivity contribution is 0.0280. The molecule has 2 bridgehead atoms. The van der Waals surface area contributed by atoms with Gasteiger partial charge in [0, 0.05) is 19.1 Å². The summed E-state index contributed by atoms with van der Waals surface area (Å²) in [5, 5.41) is 3.74. The van der Waals surface area contributed by atoms with Gasteiger partial charge in [-0.15, -0.1) is 0 Å². The van der Waals surface area contributed by atoms with Crippen molar-refractivity contribution >= 4 is 0 Å². The lowest BCUT2D eigenvalue weighted by atomic mass is 9.94. The molecule has 3 nitrogen and oxygen atoms in total. The van der Waals surface area contributed by atoms with Gasteiger partial charge in [0.2, 0.25) is 0 Å². The van der Waals surface area contributed by atoms with Gasteiger partial charge < -0.3 is 15.0 Å². The molecule has 3 atom stereocenters. The summed E-state index contributed by atoms with van der Waals surface area (Å²) < 4.78 is 5.98. The Morgan fingerprint density at radius 2 is 1.83 bits per heavy atom. The number of nitrogens with one attached hydrogen (secondary N) is 1. The summed E-state index contributed by atoms with van der Waals surface area (Å²) in [4.78, 5) is 2.61. The fourth-order valence-corrected chi connectivity index (χ4v) is 3.92. The van der Waals surface area contributed by atoms with Crippen molar-refractivity contribution in [3.8, 4) is 0 Å². The van der Waals surface area contributed by atoms with Crippen LogP contribution in [0.4, 0.5) is 0 Å². The van der Waals surface area contributed by atoms with Gasteiger partial charge in [0.05, 0.1) is 12.7 Å². The first-order valence-electron chi connectivity index (χ1n) is 7.99. The fourth-order valence-electron chi connectivity index (χ4n) is 3.92. The number of hydrogen-bond donors (Lipinski definition) is 1. The summed E-state index contributed by atoms with van der Waals surface area (Å²) in [5.41, 5.74) is 0. The molecule has 0 aromatic heterocycles. The van der Waals surface area contributed by atoms with Crippen molar-refractivity contribution < 1.29 is 4.74 Å². The quantitative estimate of drug-likeness (QED) is 0.758. The van der Waals surface area contributed by atoms with Crippen LogP contribution in [-0.2, 0) is 4.74 Å². The third kappa shape index (κ3) is 3.25. The van der Waals surface area contributed by atoms with Gasteiger partial charge in [-0.3, -0.25) is 0 Å². The summed E-state index contributed by atoms with van der Waals surface area (Å²) in [6.07, 6.45) is 10.1. The van der Waals surface area contributed by atoms with E-state index in [9.17, 15) is 0 Å². The van der Waals surface area contributed by atoms with Crippen LogP contribution in [0.1, 0.15) is 44.9 Å². The highest BCUT2D eigenvalue weighted by Gasteiger charge is 2.33. The van der Waals surface area contributed by atoms with Crippen LogP contribution in [0.2, 0.25) is 0 Å². The van der Waals surface area contributed by atoms with E-state index < -0.39 is 0 Å². The number of ether oxygens (including phenoxy) is 1. The predicted molar refractivity (Wildman–Crippen MR) is 73.8 cm³/mol. The zero-order chi connectivity index (χ0) is 12.2. The molecule has 0 amide bonds. The number of fused-ring (bicyclic) bond motifs is 2. The average Bonchev–Trinajstić information content (AvgIpc) is 2.81. The standard InChI is InChI=1S/C15H28N2O/c1-2-4-14(5-3-1)18-11-8-16-15-7-10-17-9-6-13(15)12-17/h13-16H,1-12H2. The minimum absolute atomic E-state index is 0.564. The molecule has 2 heterocycles. The summed E-state index contributed by atoms with van der Waals surface area (Å²) >= 11 is 0. The van der Waals surface area contributed by atoms with Crippen molar-refractivity contribution in [1.82, 2.24) is 10.2 Å². The first-order valence-corrected chi connectivity index (χ1v) is 7.99. The van der Waals surface area contributed by atoms with Gasteiger partial charge in [0.15, 0.2) is 0 Å². The van der Waals surface area contributed by atoms with Crippen molar-refractivity contribution in [2.45, 2.75) is 57.1 Å². The smallest absolute Gasteiger partial charge is 0.0594 e. The molecule has 3 fully saturated rings. The maximum absolute atomic E-state index is 5.98. The minimum Gasteiger partial charge on any atom is -0.377 e. The Morgan fingerprint density at radius 3 is 2.72 bits per heavy atom. The van der Waals surface area contributed by atoms with Gasteiger partial charge >= 0.3 is 0 Å². The Morgan fingerprint density at radius 1 is 1.00 bits per heavy atom. The van der Waals surface area contributed by atoms with Crippen LogP contribution in [0.15, 0.2) is 0 Å². The number of rotatable bonds is 5. The van der Waals surface area contributed by atoms with Crippen molar-refractivity contribution in [2.75, 3.05) is 32.8 Å². The molecule has 1 N–H and O–H groups in total. The molecule has 3 rings (SSSR count). The largest absolute Gasteiger partial charge is 0.377 e. The van der Waals surface area contributed by atoms with Crippen LogP contribution < -0.4 is 5.32 Å². The average molecular weight is 252 g/mol. The van der Waals surface area contributed by atoms with E-state index in [1.807, 2.05) is 0 Å². The van der Waals surface area contributed by atoms with Crippen LogP contribution in [0.5, 0.6) is 0 Å². The van der Waals surface area contributed by atoms with Crippen molar-refractivity contribution in [3.05, 3.63) is 0 Å². The molecule has 2 saturated heterocycles. The van der Waals surface area contributed by atoms with Gasteiger partial charge in [0.1, 0.15) is 0 Å². The number of piperidine rings is 1. The lowest BCUT2D eigenvalue weighted by Gasteiger charge is -2.31. The molecule has 3 unspecified atom stereocenters. The van der Waals surface area contributed by atoms with Gasteiger partial charge in [-0.2, -0.15) is 0 Å². The molecule has 0 aromatic rings. The summed E-state index contributed by atoms with van der Waals surface area (Å²) in [6, 6.07) is 0.763. The van der Waals surface area contributed by atoms with Gasteiger partial charge in [-0.05, 0) is 44.7 Å². The Kier molecular flexibility index (Phi) is 4.55. The molecule has 2 aliphatic heterocycles. The predicted octanol–water partition coefficient (Wildman–Crippen LogP) is 2.02. The van der Waals surface area contributed by atoms with E-state index in [0.29, 0.717) is 6.10 Å². The number of hydrogen-bond acceptors (Lipinski definition) is 3. The van der Waals surface area contributed by atoms with Crippen LogP contribution in [0.3, 0.4) is 0 Å². The van der Waals surface area contributed by atoms with Crippen molar-refractivity contribution in [3.63, 3.8) is 0 Å². The highest BCUT2D eigenvalue weighted by Crippen LogP contribution is 2.27. The van der Waals surface area contributed by atoms with E-state index in [0.717, 1.165) is 25.1 Å². The molecule has 3 heteroatoms. The molecule has 0 radical (unpaired) electrons. The molecule has 1 saturated carbocycles. The normalized spacial score (nSPS) is 37.0. The van der Waals surface area contributed by atoms with Crippen molar-refractivity contribution in [1.29, 1.82) is 0 Å². The van der Waals surface area contributed by atoms with Crippen LogP contribution in [0.25, 0.3) is 0 Å². The molecule has 3 aliphatic rings.